The van der Waals surface area contributed by atoms with Gasteiger partial charge in [0.15, 0.2) is 0 Å². The van der Waals surface area contributed by atoms with E-state index in [-0.39, 0.29) is 24.2 Å². The van der Waals surface area contributed by atoms with Crippen LogP contribution in [0.15, 0.2) is 35.1 Å². The second-order valence-corrected chi connectivity index (χ2v) is 6.35. The highest BCUT2D eigenvalue weighted by Crippen LogP contribution is 2.40. The van der Waals surface area contributed by atoms with E-state index in [4.69, 9.17) is 0 Å². The fourth-order valence-corrected chi connectivity index (χ4v) is 3.27. The number of nitrogens with one attached hydrogen (secondary N) is 3. The maximum atomic E-state index is 12.2. The Hall–Kier alpha value is -2.63. The highest BCUT2D eigenvalue weighted by molar-refractivity contribution is 5.75. The molecule has 3 N–H and O–H groups in total. The lowest BCUT2D eigenvalue weighted by Gasteiger charge is -2.12. The summed E-state index contributed by atoms with van der Waals surface area (Å²) in [6.45, 7) is 4.21. The topological polar surface area (TPSA) is 86.9 Å². The fraction of sp³-hybridized carbons (Fsp3) is 0.421. The van der Waals surface area contributed by atoms with Crippen molar-refractivity contribution in [2.45, 2.75) is 51.6 Å². The van der Waals surface area contributed by atoms with E-state index in [9.17, 15) is 9.59 Å². The van der Waals surface area contributed by atoms with Crippen LogP contribution in [0, 0.1) is 0 Å². The van der Waals surface area contributed by atoms with Crippen LogP contribution < -0.4 is 16.2 Å². The van der Waals surface area contributed by atoms with Crippen LogP contribution in [0.1, 0.15) is 48.6 Å². The lowest BCUT2D eigenvalue weighted by atomic mass is 10.0. The Labute approximate surface area is 147 Å². The number of nitrogens with zero attached hydrogens (tertiary/aromatic N) is 1. The van der Waals surface area contributed by atoms with E-state index >= 15 is 0 Å². The summed E-state index contributed by atoms with van der Waals surface area (Å²) in [5.74, 6) is 0.383. The van der Waals surface area contributed by atoms with Crippen molar-refractivity contribution in [3.63, 3.8) is 0 Å². The summed E-state index contributed by atoms with van der Waals surface area (Å²) in [6.07, 6.45) is 2.42. The molecule has 6 heteroatoms. The normalized spacial score (nSPS) is 18.6. The van der Waals surface area contributed by atoms with E-state index in [0.717, 1.165) is 30.5 Å². The molecule has 1 saturated carbocycles. The minimum atomic E-state index is -0.236. The first-order chi connectivity index (χ1) is 12.1. The van der Waals surface area contributed by atoms with Crippen LogP contribution in [0.3, 0.4) is 0 Å². The molecule has 1 fully saturated rings. The molecule has 0 spiro atoms. The molecule has 0 unspecified atom stereocenters. The van der Waals surface area contributed by atoms with Gasteiger partial charge >= 0.3 is 6.03 Å². The van der Waals surface area contributed by atoms with Crippen LogP contribution in [-0.4, -0.2) is 22.3 Å². The van der Waals surface area contributed by atoms with E-state index in [1.54, 1.807) is 0 Å². The minimum Gasteiger partial charge on any atom is -0.335 e. The van der Waals surface area contributed by atoms with Gasteiger partial charge in [0, 0.05) is 17.5 Å². The molecule has 1 aliphatic rings. The van der Waals surface area contributed by atoms with Crippen molar-refractivity contribution in [3.05, 3.63) is 63.1 Å². The third-order valence-corrected chi connectivity index (χ3v) is 4.73. The quantitative estimate of drug-likeness (QED) is 0.754. The lowest BCUT2D eigenvalue weighted by Crippen LogP contribution is -2.38. The minimum absolute atomic E-state index is 0.162. The molecule has 0 bridgehead atoms. The predicted molar refractivity (Wildman–Crippen MR) is 96.6 cm³/mol. The number of H-pyrrole nitrogens is 1. The van der Waals surface area contributed by atoms with Gasteiger partial charge in [-0.25, -0.2) is 9.89 Å². The summed E-state index contributed by atoms with van der Waals surface area (Å²) < 4.78 is 0. The Morgan fingerprint density at radius 2 is 1.96 bits per heavy atom. The predicted octanol–water partition coefficient (Wildman–Crippen LogP) is 2.25. The molecule has 0 radical (unpaired) electrons. The zero-order valence-corrected chi connectivity index (χ0v) is 14.6. The first kappa shape index (κ1) is 17.2. The Bertz CT molecular complexity index is 801. The van der Waals surface area contributed by atoms with Crippen LogP contribution in [0.25, 0.3) is 0 Å². The van der Waals surface area contributed by atoms with Crippen molar-refractivity contribution in [1.82, 2.24) is 20.8 Å². The highest BCUT2D eigenvalue weighted by Gasteiger charge is 2.39. The fourth-order valence-electron chi connectivity index (χ4n) is 3.27. The van der Waals surface area contributed by atoms with E-state index in [1.165, 1.54) is 5.56 Å². The van der Waals surface area contributed by atoms with Gasteiger partial charge in [-0.3, -0.25) is 4.79 Å². The summed E-state index contributed by atoms with van der Waals surface area (Å²) >= 11 is 0. The first-order valence-corrected chi connectivity index (χ1v) is 8.82. The molecule has 2 amide bonds. The molecular weight excluding hydrogens is 316 g/mol. The maximum absolute atomic E-state index is 12.2. The Balaban J connectivity index is 1.58. The molecule has 0 saturated heterocycles. The van der Waals surface area contributed by atoms with Crippen molar-refractivity contribution in [3.8, 4) is 0 Å². The molecule has 1 aliphatic carbocycles. The number of amides is 2. The van der Waals surface area contributed by atoms with Crippen LogP contribution in [0.5, 0.6) is 0 Å². The number of hydrogen-bond donors (Lipinski definition) is 3. The molecule has 132 valence electrons. The number of carbonyl (C=O) groups is 1. The summed E-state index contributed by atoms with van der Waals surface area (Å²) in [7, 11) is 0. The van der Waals surface area contributed by atoms with Crippen LogP contribution in [-0.2, 0) is 19.4 Å². The molecule has 6 nitrogen and oxygen atoms in total. The van der Waals surface area contributed by atoms with E-state index < -0.39 is 0 Å². The number of aromatic nitrogens is 2. The Morgan fingerprint density at radius 1 is 1.20 bits per heavy atom. The summed E-state index contributed by atoms with van der Waals surface area (Å²) in [5, 5.41) is 12.4. The van der Waals surface area contributed by atoms with E-state index in [0.29, 0.717) is 11.5 Å². The molecule has 1 aromatic carbocycles. The van der Waals surface area contributed by atoms with Crippen molar-refractivity contribution >= 4 is 6.03 Å². The average molecular weight is 340 g/mol. The van der Waals surface area contributed by atoms with Gasteiger partial charge in [-0.2, -0.15) is 5.10 Å². The third-order valence-electron chi connectivity index (χ3n) is 4.73. The van der Waals surface area contributed by atoms with Gasteiger partial charge in [-0.05, 0) is 30.4 Å². The number of aromatic amines is 1. The van der Waals surface area contributed by atoms with Crippen LogP contribution >= 0.6 is 0 Å². The average Bonchev–Trinajstić information content (AvgIpc) is 3.40. The van der Waals surface area contributed by atoms with Crippen LogP contribution in [0.4, 0.5) is 4.79 Å². The van der Waals surface area contributed by atoms with Gasteiger partial charge in [0.2, 0.25) is 0 Å². The van der Waals surface area contributed by atoms with E-state index in [1.807, 2.05) is 32.0 Å². The van der Waals surface area contributed by atoms with Gasteiger partial charge in [0.05, 0.1) is 12.2 Å². The summed E-state index contributed by atoms with van der Waals surface area (Å²) in [4.78, 5) is 24.2. The Kier molecular flexibility index (Phi) is 5.16. The number of hydrogen-bond acceptors (Lipinski definition) is 3. The van der Waals surface area contributed by atoms with Gasteiger partial charge in [0.25, 0.3) is 5.56 Å². The zero-order chi connectivity index (χ0) is 17.8. The standard InChI is InChI=1S/C19H24N4O2/c1-3-13-15(18(24)23-22-16(13)4-2)11-20-19(25)21-17-10-14(17)12-8-6-5-7-9-12/h5-9,14,17H,3-4,10-11H2,1-2H3,(H,23,24)(H2,20,21,25)/t14-,17+/m0/s1. The van der Waals surface area contributed by atoms with Gasteiger partial charge in [-0.15, -0.1) is 0 Å². The van der Waals surface area contributed by atoms with Gasteiger partial charge in [0.1, 0.15) is 0 Å². The molecule has 1 heterocycles. The molecule has 25 heavy (non-hydrogen) atoms. The molecule has 1 aromatic heterocycles. The highest BCUT2D eigenvalue weighted by atomic mass is 16.2. The number of benzene rings is 1. The molecular formula is C19H24N4O2. The van der Waals surface area contributed by atoms with Gasteiger partial charge in [-0.1, -0.05) is 44.2 Å². The van der Waals surface area contributed by atoms with Crippen molar-refractivity contribution in [1.29, 1.82) is 0 Å². The SMILES string of the molecule is CCc1n[nH]c(=O)c(CNC(=O)N[C@@H]2C[C@H]2c2ccccc2)c1CC. The van der Waals surface area contributed by atoms with Crippen molar-refractivity contribution in [2.75, 3.05) is 0 Å². The Morgan fingerprint density at radius 3 is 2.64 bits per heavy atom. The number of rotatable bonds is 6. The van der Waals surface area contributed by atoms with E-state index in [2.05, 4.69) is 33.0 Å². The number of urea groups is 1. The zero-order valence-electron chi connectivity index (χ0n) is 14.6. The summed E-state index contributed by atoms with van der Waals surface area (Å²) in [6, 6.07) is 10.1. The number of aryl methyl sites for hydroxylation is 1. The number of carbonyl (C=O) groups excluding carboxylic acids is 1. The molecule has 0 aliphatic heterocycles. The molecule has 2 aromatic rings. The molecule has 3 rings (SSSR count). The lowest BCUT2D eigenvalue weighted by molar-refractivity contribution is 0.240. The van der Waals surface area contributed by atoms with Crippen LogP contribution in [0.2, 0.25) is 0 Å². The van der Waals surface area contributed by atoms with Gasteiger partial charge < -0.3 is 10.6 Å². The summed E-state index contributed by atoms with van der Waals surface area (Å²) in [5.41, 5.74) is 3.42. The maximum Gasteiger partial charge on any atom is 0.315 e. The second-order valence-electron chi connectivity index (χ2n) is 6.35. The molecule has 2 atom stereocenters. The third kappa shape index (κ3) is 3.90. The van der Waals surface area contributed by atoms with Crippen molar-refractivity contribution < 1.29 is 4.79 Å². The monoisotopic (exact) mass is 340 g/mol. The first-order valence-electron chi connectivity index (χ1n) is 8.82. The second kappa shape index (κ2) is 7.51. The van der Waals surface area contributed by atoms with Crippen molar-refractivity contribution in [2.24, 2.45) is 0 Å². The largest absolute Gasteiger partial charge is 0.335 e. The smallest absolute Gasteiger partial charge is 0.315 e.